The molecular formula is C14H11ClF2N2S. The maximum Gasteiger partial charge on any atom is 0.171 e. The number of hydrogen-bond acceptors (Lipinski definition) is 1. The normalized spacial score (nSPS) is 10.2. The zero-order chi connectivity index (χ0) is 14.5. The van der Waals surface area contributed by atoms with Crippen LogP contribution in [0.5, 0.6) is 0 Å². The third-order valence-corrected chi connectivity index (χ3v) is 3.04. The molecule has 0 fully saturated rings. The van der Waals surface area contributed by atoms with Crippen molar-refractivity contribution >= 4 is 34.6 Å². The summed E-state index contributed by atoms with van der Waals surface area (Å²) in [4.78, 5) is 0. The molecule has 0 aliphatic carbocycles. The van der Waals surface area contributed by atoms with Crippen LogP contribution < -0.4 is 10.6 Å². The number of rotatable bonds is 3. The molecule has 0 radical (unpaired) electrons. The van der Waals surface area contributed by atoms with E-state index in [1.165, 1.54) is 6.07 Å². The van der Waals surface area contributed by atoms with Crippen LogP contribution in [0.3, 0.4) is 0 Å². The molecule has 0 saturated heterocycles. The SMILES string of the molecule is Fc1ccc(NC(=S)NCc2ccc(Cl)cc2)cc1F. The summed E-state index contributed by atoms with van der Waals surface area (Å²) >= 11 is 10.9. The fraction of sp³-hybridized carbons (Fsp3) is 0.0714. The zero-order valence-corrected chi connectivity index (χ0v) is 11.9. The highest BCUT2D eigenvalue weighted by Crippen LogP contribution is 2.13. The molecule has 0 saturated carbocycles. The molecule has 0 amide bonds. The van der Waals surface area contributed by atoms with Crippen LogP contribution in [0.15, 0.2) is 42.5 Å². The molecule has 0 atom stereocenters. The van der Waals surface area contributed by atoms with Crippen LogP contribution in [0.1, 0.15) is 5.56 Å². The van der Waals surface area contributed by atoms with Crippen molar-refractivity contribution in [2.75, 3.05) is 5.32 Å². The lowest BCUT2D eigenvalue weighted by Crippen LogP contribution is -2.27. The molecule has 104 valence electrons. The van der Waals surface area contributed by atoms with Crippen LogP contribution in [0.2, 0.25) is 5.02 Å². The highest BCUT2D eigenvalue weighted by Gasteiger charge is 2.03. The van der Waals surface area contributed by atoms with E-state index in [1.54, 1.807) is 12.1 Å². The monoisotopic (exact) mass is 312 g/mol. The molecule has 0 unspecified atom stereocenters. The topological polar surface area (TPSA) is 24.1 Å². The van der Waals surface area contributed by atoms with Crippen molar-refractivity contribution in [2.24, 2.45) is 0 Å². The van der Waals surface area contributed by atoms with Gasteiger partial charge in [0.1, 0.15) is 0 Å². The summed E-state index contributed by atoms with van der Waals surface area (Å²) in [6.07, 6.45) is 0. The molecule has 2 aromatic carbocycles. The lowest BCUT2D eigenvalue weighted by Gasteiger charge is -2.10. The van der Waals surface area contributed by atoms with Gasteiger partial charge < -0.3 is 10.6 Å². The van der Waals surface area contributed by atoms with Gasteiger partial charge >= 0.3 is 0 Å². The predicted octanol–water partition coefficient (Wildman–Crippen LogP) is 4.10. The first-order valence-corrected chi connectivity index (χ1v) is 6.57. The Morgan fingerprint density at radius 3 is 2.40 bits per heavy atom. The Morgan fingerprint density at radius 2 is 1.75 bits per heavy atom. The van der Waals surface area contributed by atoms with Gasteiger partial charge in [-0.1, -0.05) is 23.7 Å². The van der Waals surface area contributed by atoms with Crippen molar-refractivity contribution < 1.29 is 8.78 Å². The summed E-state index contributed by atoms with van der Waals surface area (Å²) in [5.74, 6) is -1.81. The standard InChI is InChI=1S/C14H11ClF2N2S/c15-10-3-1-9(2-4-10)8-18-14(20)19-11-5-6-12(16)13(17)7-11/h1-7H,8H2,(H2,18,19,20). The van der Waals surface area contributed by atoms with Gasteiger partial charge in [-0.2, -0.15) is 0 Å². The number of benzene rings is 2. The average Bonchev–Trinajstić information content (AvgIpc) is 2.42. The average molecular weight is 313 g/mol. The van der Waals surface area contributed by atoms with Gasteiger partial charge in [0, 0.05) is 23.3 Å². The Hall–Kier alpha value is -1.72. The first-order valence-electron chi connectivity index (χ1n) is 5.79. The van der Waals surface area contributed by atoms with E-state index in [0.717, 1.165) is 17.7 Å². The van der Waals surface area contributed by atoms with Crippen molar-refractivity contribution in [3.05, 3.63) is 64.7 Å². The quantitative estimate of drug-likeness (QED) is 0.834. The summed E-state index contributed by atoms with van der Waals surface area (Å²) in [5.41, 5.74) is 1.39. The zero-order valence-electron chi connectivity index (χ0n) is 10.3. The number of anilines is 1. The Bertz CT molecular complexity index is 617. The second kappa shape index (κ2) is 6.63. The summed E-state index contributed by atoms with van der Waals surface area (Å²) in [6.45, 7) is 0.507. The lowest BCUT2D eigenvalue weighted by atomic mass is 10.2. The van der Waals surface area contributed by atoms with E-state index >= 15 is 0 Å². The molecule has 2 rings (SSSR count). The van der Waals surface area contributed by atoms with Gasteiger partial charge in [-0.15, -0.1) is 0 Å². The van der Waals surface area contributed by atoms with E-state index in [4.69, 9.17) is 23.8 Å². The molecule has 2 aromatic rings. The molecule has 0 aliphatic rings. The maximum absolute atomic E-state index is 13.0. The van der Waals surface area contributed by atoms with Crippen LogP contribution in [-0.2, 0) is 6.54 Å². The Balaban J connectivity index is 1.89. The van der Waals surface area contributed by atoms with Crippen molar-refractivity contribution in [2.45, 2.75) is 6.54 Å². The molecule has 2 nitrogen and oxygen atoms in total. The highest BCUT2D eigenvalue weighted by molar-refractivity contribution is 7.80. The van der Waals surface area contributed by atoms with Crippen molar-refractivity contribution in [1.29, 1.82) is 0 Å². The second-order valence-corrected chi connectivity index (χ2v) is 4.91. The van der Waals surface area contributed by atoms with Gasteiger partial charge in [0.15, 0.2) is 16.7 Å². The minimum absolute atomic E-state index is 0.325. The van der Waals surface area contributed by atoms with Crippen LogP contribution in [0.25, 0.3) is 0 Å². The molecule has 0 aliphatic heterocycles. The minimum Gasteiger partial charge on any atom is -0.358 e. The Kier molecular flexibility index (Phi) is 4.87. The summed E-state index contributed by atoms with van der Waals surface area (Å²) in [7, 11) is 0. The third kappa shape index (κ3) is 4.15. The third-order valence-electron chi connectivity index (χ3n) is 2.54. The minimum atomic E-state index is -0.921. The maximum atomic E-state index is 13.0. The first-order chi connectivity index (χ1) is 9.54. The predicted molar refractivity (Wildman–Crippen MR) is 80.9 cm³/mol. The van der Waals surface area contributed by atoms with Crippen molar-refractivity contribution in [3.63, 3.8) is 0 Å². The van der Waals surface area contributed by atoms with E-state index < -0.39 is 11.6 Å². The van der Waals surface area contributed by atoms with E-state index in [1.807, 2.05) is 12.1 Å². The van der Waals surface area contributed by atoms with E-state index in [-0.39, 0.29) is 0 Å². The molecule has 20 heavy (non-hydrogen) atoms. The van der Waals surface area contributed by atoms with Gasteiger partial charge in [-0.25, -0.2) is 8.78 Å². The molecule has 6 heteroatoms. The fourth-order valence-corrected chi connectivity index (χ4v) is 1.85. The molecule has 0 spiro atoms. The fourth-order valence-electron chi connectivity index (χ4n) is 1.53. The van der Waals surface area contributed by atoms with Crippen LogP contribution in [0, 0.1) is 11.6 Å². The number of thiocarbonyl (C=S) groups is 1. The van der Waals surface area contributed by atoms with E-state index in [9.17, 15) is 8.78 Å². The number of hydrogen-bond donors (Lipinski definition) is 2. The molecular weight excluding hydrogens is 302 g/mol. The second-order valence-electron chi connectivity index (χ2n) is 4.06. The van der Waals surface area contributed by atoms with Gasteiger partial charge in [-0.05, 0) is 42.0 Å². The highest BCUT2D eigenvalue weighted by atomic mass is 35.5. The summed E-state index contributed by atoms with van der Waals surface area (Å²) in [5, 5.41) is 6.73. The van der Waals surface area contributed by atoms with E-state index in [0.29, 0.717) is 22.4 Å². The lowest BCUT2D eigenvalue weighted by molar-refractivity contribution is 0.509. The number of nitrogens with one attached hydrogen (secondary N) is 2. The molecule has 2 N–H and O–H groups in total. The van der Waals surface area contributed by atoms with Gasteiger partial charge in [-0.3, -0.25) is 0 Å². The van der Waals surface area contributed by atoms with Gasteiger partial charge in [0.2, 0.25) is 0 Å². The smallest absolute Gasteiger partial charge is 0.171 e. The largest absolute Gasteiger partial charge is 0.358 e. The van der Waals surface area contributed by atoms with Gasteiger partial charge in [0.25, 0.3) is 0 Å². The van der Waals surface area contributed by atoms with Crippen molar-refractivity contribution in [3.8, 4) is 0 Å². The summed E-state index contributed by atoms with van der Waals surface area (Å²) < 4.78 is 25.8. The summed E-state index contributed by atoms with van der Waals surface area (Å²) in [6, 6.07) is 10.8. The van der Waals surface area contributed by atoms with Crippen LogP contribution in [0.4, 0.5) is 14.5 Å². The van der Waals surface area contributed by atoms with E-state index in [2.05, 4.69) is 10.6 Å². The van der Waals surface area contributed by atoms with Crippen LogP contribution >= 0.6 is 23.8 Å². The molecule has 0 aromatic heterocycles. The van der Waals surface area contributed by atoms with Crippen LogP contribution in [-0.4, -0.2) is 5.11 Å². The number of halogens is 3. The molecule has 0 heterocycles. The van der Waals surface area contributed by atoms with Gasteiger partial charge in [0.05, 0.1) is 0 Å². The first kappa shape index (κ1) is 14.7. The van der Waals surface area contributed by atoms with Crippen molar-refractivity contribution in [1.82, 2.24) is 5.32 Å². The Labute approximate surface area is 125 Å². The molecule has 0 bridgehead atoms. The Morgan fingerprint density at radius 1 is 1.05 bits per heavy atom.